The summed E-state index contributed by atoms with van der Waals surface area (Å²) in [5.41, 5.74) is 0. The highest BCUT2D eigenvalue weighted by atomic mass is 35.5. The van der Waals surface area contributed by atoms with Crippen LogP contribution in [0.15, 0.2) is 23.1 Å². The molecule has 0 aromatic heterocycles. The predicted octanol–water partition coefficient (Wildman–Crippen LogP) is 2.81. The van der Waals surface area contributed by atoms with Crippen molar-refractivity contribution < 1.29 is 18.3 Å². The first-order valence-corrected chi connectivity index (χ1v) is 11.4. The van der Waals surface area contributed by atoms with Gasteiger partial charge in [0.15, 0.2) is 0 Å². The zero-order valence-electron chi connectivity index (χ0n) is 14.9. The fourth-order valence-corrected chi connectivity index (χ4v) is 6.00. The zero-order valence-corrected chi connectivity index (χ0v) is 17.2. The largest absolute Gasteiger partial charge is 0.393 e. The molecule has 1 saturated carbocycles. The van der Waals surface area contributed by atoms with Crippen molar-refractivity contribution in [3.8, 4) is 0 Å². The molecule has 2 aliphatic rings. The van der Waals surface area contributed by atoms with Crippen molar-refractivity contribution in [2.45, 2.75) is 55.6 Å². The van der Waals surface area contributed by atoms with Crippen molar-refractivity contribution in [1.29, 1.82) is 0 Å². The summed E-state index contributed by atoms with van der Waals surface area (Å²) in [6.45, 7) is 0.483. The molecule has 1 aromatic rings. The monoisotopic (exact) mass is 434 g/mol. The molecule has 0 bridgehead atoms. The summed E-state index contributed by atoms with van der Waals surface area (Å²) in [6, 6.07) is 4.57. The molecule has 1 atom stereocenters. The third kappa shape index (κ3) is 4.77. The number of hydrogen-bond donors (Lipinski definition) is 2. The molecule has 0 radical (unpaired) electrons. The van der Waals surface area contributed by atoms with E-state index < -0.39 is 15.9 Å². The van der Waals surface area contributed by atoms with E-state index in [2.05, 4.69) is 5.32 Å². The van der Waals surface area contributed by atoms with E-state index in [1.54, 1.807) is 6.07 Å². The molecule has 1 amide bonds. The third-order valence-corrected chi connectivity index (χ3v) is 8.17. The minimum atomic E-state index is -3.82. The third-order valence-electron chi connectivity index (χ3n) is 5.33. The van der Waals surface area contributed by atoms with Gasteiger partial charge in [-0.25, -0.2) is 8.42 Å². The van der Waals surface area contributed by atoms with E-state index in [0.717, 1.165) is 12.8 Å². The van der Waals surface area contributed by atoms with Crippen molar-refractivity contribution in [1.82, 2.24) is 9.62 Å². The van der Waals surface area contributed by atoms with E-state index in [1.165, 1.54) is 16.4 Å². The minimum absolute atomic E-state index is 0.00602. The second-order valence-electron chi connectivity index (χ2n) is 7.27. The molecule has 3 rings (SSSR count). The number of halogens is 2. The second-order valence-corrected chi connectivity index (χ2v) is 9.96. The molecule has 1 aliphatic heterocycles. The number of nitrogens with zero attached hydrogens (tertiary/aromatic N) is 1. The van der Waals surface area contributed by atoms with Crippen LogP contribution in [0.2, 0.25) is 10.0 Å². The molecule has 9 heteroatoms. The Morgan fingerprint density at radius 1 is 1.15 bits per heavy atom. The van der Waals surface area contributed by atoms with Crippen LogP contribution in [0.4, 0.5) is 0 Å². The summed E-state index contributed by atoms with van der Waals surface area (Å²) in [5, 5.41) is 12.8. The molecule has 2 fully saturated rings. The zero-order chi connectivity index (χ0) is 19.6. The van der Waals surface area contributed by atoms with Crippen molar-refractivity contribution in [2.24, 2.45) is 5.92 Å². The lowest BCUT2D eigenvalue weighted by molar-refractivity contribution is -0.127. The summed E-state index contributed by atoms with van der Waals surface area (Å²) >= 11 is 12.1. The van der Waals surface area contributed by atoms with Crippen molar-refractivity contribution in [3.05, 3.63) is 28.2 Å². The first-order chi connectivity index (χ1) is 12.8. The van der Waals surface area contributed by atoms with Gasteiger partial charge in [-0.1, -0.05) is 29.3 Å². The number of carbonyl (C=O) groups is 1. The number of amides is 1. The number of sulfonamides is 1. The molecule has 1 saturated heterocycles. The van der Waals surface area contributed by atoms with Gasteiger partial charge in [0.2, 0.25) is 15.9 Å². The van der Waals surface area contributed by atoms with Gasteiger partial charge >= 0.3 is 0 Å². The number of piperidine rings is 1. The van der Waals surface area contributed by atoms with E-state index in [1.807, 2.05) is 0 Å². The number of hydrogen-bond acceptors (Lipinski definition) is 4. The van der Waals surface area contributed by atoms with Gasteiger partial charge in [0.05, 0.1) is 22.1 Å². The molecular formula is C18H24Cl2N2O4S. The van der Waals surface area contributed by atoms with Gasteiger partial charge in [-0.05, 0) is 50.7 Å². The highest BCUT2D eigenvalue weighted by molar-refractivity contribution is 7.89. The Labute approximate surface area is 169 Å². The van der Waals surface area contributed by atoms with Gasteiger partial charge in [0, 0.05) is 19.1 Å². The van der Waals surface area contributed by atoms with Crippen molar-refractivity contribution >= 4 is 39.1 Å². The average Bonchev–Trinajstić information content (AvgIpc) is 2.65. The van der Waals surface area contributed by atoms with Crippen molar-refractivity contribution in [2.75, 3.05) is 13.1 Å². The van der Waals surface area contributed by atoms with Crippen molar-refractivity contribution in [3.63, 3.8) is 0 Å². The number of aliphatic hydroxyl groups is 1. The second kappa shape index (κ2) is 8.66. The molecule has 2 N–H and O–H groups in total. The van der Waals surface area contributed by atoms with E-state index in [4.69, 9.17) is 23.2 Å². The summed E-state index contributed by atoms with van der Waals surface area (Å²) in [5.74, 6) is -0.508. The first-order valence-electron chi connectivity index (χ1n) is 9.21. The maximum Gasteiger partial charge on any atom is 0.244 e. The first kappa shape index (κ1) is 20.9. The summed E-state index contributed by atoms with van der Waals surface area (Å²) < 4.78 is 27.3. The maximum atomic E-state index is 13.0. The van der Waals surface area contributed by atoms with E-state index in [9.17, 15) is 18.3 Å². The van der Waals surface area contributed by atoms with Crippen LogP contribution in [0, 0.1) is 5.92 Å². The Kier molecular flexibility index (Phi) is 6.69. The van der Waals surface area contributed by atoms with Crippen LogP contribution >= 0.6 is 23.2 Å². The number of carbonyl (C=O) groups excluding carboxylic acids is 1. The Morgan fingerprint density at radius 3 is 2.56 bits per heavy atom. The topological polar surface area (TPSA) is 86.7 Å². The summed E-state index contributed by atoms with van der Waals surface area (Å²) in [6.07, 6.45) is 3.85. The molecule has 0 spiro atoms. The van der Waals surface area contributed by atoms with Gasteiger partial charge in [-0.2, -0.15) is 4.31 Å². The summed E-state index contributed by atoms with van der Waals surface area (Å²) in [7, 11) is -3.82. The van der Waals surface area contributed by atoms with Crippen LogP contribution in [0.3, 0.4) is 0 Å². The fraction of sp³-hybridized carbons (Fsp3) is 0.611. The molecule has 6 nitrogen and oxygen atoms in total. The van der Waals surface area contributed by atoms with E-state index >= 15 is 0 Å². The van der Waals surface area contributed by atoms with Crippen LogP contribution in [-0.4, -0.2) is 49.0 Å². The quantitative estimate of drug-likeness (QED) is 0.762. The average molecular weight is 435 g/mol. The van der Waals surface area contributed by atoms with Gasteiger partial charge in [0.1, 0.15) is 4.90 Å². The van der Waals surface area contributed by atoms with Crippen LogP contribution in [0.25, 0.3) is 0 Å². The Bertz CT molecular complexity index is 795. The number of benzene rings is 1. The lowest BCUT2D eigenvalue weighted by Gasteiger charge is -2.33. The molecule has 0 unspecified atom stereocenters. The maximum absolute atomic E-state index is 13.0. The molecule has 1 heterocycles. The Hall–Kier alpha value is -0.860. The fourth-order valence-electron chi connectivity index (χ4n) is 3.74. The van der Waals surface area contributed by atoms with Crippen LogP contribution in [0.1, 0.15) is 38.5 Å². The number of aliphatic hydroxyl groups excluding tert-OH is 1. The predicted molar refractivity (Wildman–Crippen MR) is 104 cm³/mol. The molecule has 27 heavy (non-hydrogen) atoms. The van der Waals surface area contributed by atoms with Crippen LogP contribution in [-0.2, 0) is 14.8 Å². The molecule has 1 aromatic carbocycles. The minimum Gasteiger partial charge on any atom is -0.393 e. The lowest BCUT2D eigenvalue weighted by atomic mass is 9.92. The van der Waals surface area contributed by atoms with E-state index in [0.29, 0.717) is 32.2 Å². The van der Waals surface area contributed by atoms with Crippen LogP contribution < -0.4 is 5.32 Å². The Balaban J connectivity index is 1.68. The Morgan fingerprint density at radius 2 is 1.85 bits per heavy atom. The van der Waals surface area contributed by atoms with Gasteiger partial charge in [0.25, 0.3) is 0 Å². The highest BCUT2D eigenvalue weighted by Gasteiger charge is 2.35. The smallest absolute Gasteiger partial charge is 0.244 e. The number of rotatable bonds is 4. The molecule has 150 valence electrons. The standard InChI is InChI=1S/C18H24Cl2N2O4S/c19-15-4-1-5-16(17(15)20)27(25,26)22-10-2-3-12(11-22)18(24)21-13-6-8-14(23)9-7-13/h1,4-5,12-14,23H,2-3,6-11H2,(H,21,24)/t12-,13?,14?/m0/s1. The van der Waals surface area contributed by atoms with Crippen LogP contribution in [0.5, 0.6) is 0 Å². The van der Waals surface area contributed by atoms with Gasteiger partial charge < -0.3 is 10.4 Å². The summed E-state index contributed by atoms with van der Waals surface area (Å²) in [4.78, 5) is 12.6. The normalized spacial score (nSPS) is 27.3. The molecule has 1 aliphatic carbocycles. The number of nitrogens with one attached hydrogen (secondary N) is 1. The molecular weight excluding hydrogens is 411 g/mol. The van der Waals surface area contributed by atoms with Gasteiger partial charge in [-0.15, -0.1) is 0 Å². The van der Waals surface area contributed by atoms with E-state index in [-0.39, 0.29) is 39.5 Å². The highest BCUT2D eigenvalue weighted by Crippen LogP contribution is 2.32. The lowest BCUT2D eigenvalue weighted by Crippen LogP contribution is -2.48. The van der Waals surface area contributed by atoms with Gasteiger partial charge in [-0.3, -0.25) is 4.79 Å². The SMILES string of the molecule is O=C(NC1CCC(O)CC1)[C@H]1CCCN(S(=O)(=O)c2cccc(Cl)c2Cl)C1.